The van der Waals surface area contributed by atoms with E-state index in [1.54, 1.807) is 0 Å². The highest BCUT2D eigenvalue weighted by molar-refractivity contribution is 14.0. The quantitative estimate of drug-likeness (QED) is 0.247. The second-order valence-electron chi connectivity index (χ2n) is 5.75. The number of hydrogen-bond acceptors (Lipinski definition) is 3. The van der Waals surface area contributed by atoms with Crippen molar-refractivity contribution in [3.8, 4) is 0 Å². The monoisotopic (exact) mass is 432 g/mol. The van der Waals surface area contributed by atoms with Crippen LogP contribution in [0.15, 0.2) is 17.6 Å². The fourth-order valence-electron chi connectivity index (χ4n) is 2.80. The molecule has 130 valence electrons. The number of allylic oxidation sites excluding steroid dienone is 1. The molecule has 1 aliphatic heterocycles. The molecule has 0 atom stereocenters. The van der Waals surface area contributed by atoms with Crippen molar-refractivity contribution >= 4 is 29.9 Å². The Labute approximate surface area is 156 Å². The van der Waals surface area contributed by atoms with Gasteiger partial charge < -0.3 is 14.8 Å². The van der Waals surface area contributed by atoms with Crippen LogP contribution in [0.25, 0.3) is 0 Å². The molecule has 2 heterocycles. The zero-order chi connectivity index (χ0) is 15.8. The number of nitrogens with one attached hydrogen (secondary N) is 1. The summed E-state index contributed by atoms with van der Waals surface area (Å²) in [6.45, 7) is 6.43. The molecule has 2 rings (SSSR count). The van der Waals surface area contributed by atoms with Gasteiger partial charge in [0.15, 0.2) is 11.8 Å². The van der Waals surface area contributed by atoms with E-state index in [2.05, 4.69) is 43.6 Å². The average molecular weight is 432 g/mol. The van der Waals surface area contributed by atoms with Gasteiger partial charge in [0, 0.05) is 33.6 Å². The molecule has 23 heavy (non-hydrogen) atoms. The lowest BCUT2D eigenvalue weighted by atomic mass is 10.2. The maximum Gasteiger partial charge on any atom is 0.193 e. The van der Waals surface area contributed by atoms with Gasteiger partial charge >= 0.3 is 0 Å². The number of fused-ring (bicyclic) bond motifs is 1. The van der Waals surface area contributed by atoms with Crippen molar-refractivity contribution in [2.24, 2.45) is 4.99 Å². The Bertz CT molecular complexity index is 511. The Balaban J connectivity index is 0.00000264. The molecule has 0 saturated heterocycles. The van der Waals surface area contributed by atoms with Gasteiger partial charge in [-0.25, -0.2) is 0 Å². The van der Waals surface area contributed by atoms with Crippen LogP contribution in [0, 0.1) is 0 Å². The van der Waals surface area contributed by atoms with E-state index in [4.69, 9.17) is 0 Å². The van der Waals surface area contributed by atoms with E-state index in [9.17, 15) is 0 Å². The zero-order valence-electron chi connectivity index (χ0n) is 14.3. The van der Waals surface area contributed by atoms with E-state index < -0.39 is 0 Å². The standard InChI is InChI=1S/C16H28N6.HI/c1-4-5-8-11-21(3)16(17-2)18-13-15-20-19-14-10-7-6-9-12-22(14)15;/h4H,1,5-13H2,2-3H3,(H,17,18);1H. The zero-order valence-corrected chi connectivity index (χ0v) is 16.6. The van der Waals surface area contributed by atoms with Crippen LogP contribution in [0.2, 0.25) is 0 Å². The Morgan fingerprint density at radius 1 is 1.39 bits per heavy atom. The molecule has 0 unspecified atom stereocenters. The van der Waals surface area contributed by atoms with Gasteiger partial charge in [-0.2, -0.15) is 0 Å². The second-order valence-corrected chi connectivity index (χ2v) is 5.75. The molecule has 0 fully saturated rings. The van der Waals surface area contributed by atoms with Crippen LogP contribution in [-0.4, -0.2) is 46.3 Å². The first-order valence-electron chi connectivity index (χ1n) is 8.20. The molecule has 0 aromatic carbocycles. The lowest BCUT2D eigenvalue weighted by Crippen LogP contribution is -2.39. The Hall–Kier alpha value is -1.12. The van der Waals surface area contributed by atoms with Crippen molar-refractivity contribution in [3.63, 3.8) is 0 Å². The molecule has 0 bridgehead atoms. The van der Waals surface area contributed by atoms with Gasteiger partial charge in [0.05, 0.1) is 6.54 Å². The topological polar surface area (TPSA) is 58.3 Å². The van der Waals surface area contributed by atoms with E-state index >= 15 is 0 Å². The van der Waals surface area contributed by atoms with Gasteiger partial charge in [-0.15, -0.1) is 40.8 Å². The fourth-order valence-corrected chi connectivity index (χ4v) is 2.80. The predicted octanol–water partition coefficient (Wildman–Crippen LogP) is 2.60. The number of halogens is 1. The molecular weight excluding hydrogens is 403 g/mol. The first-order valence-corrected chi connectivity index (χ1v) is 8.20. The largest absolute Gasteiger partial charge is 0.349 e. The summed E-state index contributed by atoms with van der Waals surface area (Å²) < 4.78 is 2.27. The highest BCUT2D eigenvalue weighted by atomic mass is 127. The highest BCUT2D eigenvalue weighted by Crippen LogP contribution is 2.14. The van der Waals surface area contributed by atoms with Crippen LogP contribution in [0.3, 0.4) is 0 Å². The van der Waals surface area contributed by atoms with Crippen molar-refractivity contribution in [2.75, 3.05) is 20.6 Å². The Kier molecular flexibility index (Phi) is 9.20. The highest BCUT2D eigenvalue weighted by Gasteiger charge is 2.15. The van der Waals surface area contributed by atoms with Crippen molar-refractivity contribution in [1.29, 1.82) is 0 Å². The minimum Gasteiger partial charge on any atom is -0.349 e. The molecule has 0 aliphatic carbocycles. The summed E-state index contributed by atoms with van der Waals surface area (Å²) in [7, 11) is 3.87. The van der Waals surface area contributed by atoms with Crippen LogP contribution >= 0.6 is 24.0 Å². The third kappa shape index (κ3) is 5.78. The molecule has 0 amide bonds. The van der Waals surface area contributed by atoms with Gasteiger partial charge in [0.25, 0.3) is 0 Å². The molecular formula is C16H29IN6. The lowest BCUT2D eigenvalue weighted by Gasteiger charge is -2.21. The minimum absolute atomic E-state index is 0. The summed E-state index contributed by atoms with van der Waals surface area (Å²) in [4.78, 5) is 6.49. The fraction of sp³-hybridized carbons (Fsp3) is 0.688. The summed E-state index contributed by atoms with van der Waals surface area (Å²) in [6.07, 6.45) is 8.83. The molecule has 0 spiro atoms. The summed E-state index contributed by atoms with van der Waals surface area (Å²) in [6, 6.07) is 0. The second kappa shape index (κ2) is 10.6. The summed E-state index contributed by atoms with van der Waals surface area (Å²) in [5.74, 6) is 3.04. The molecule has 1 aliphatic rings. The smallest absolute Gasteiger partial charge is 0.193 e. The molecule has 1 aromatic rings. The van der Waals surface area contributed by atoms with Crippen molar-refractivity contribution < 1.29 is 0 Å². The van der Waals surface area contributed by atoms with Crippen LogP contribution in [0.4, 0.5) is 0 Å². The first-order chi connectivity index (χ1) is 10.8. The van der Waals surface area contributed by atoms with E-state index in [1.165, 1.54) is 19.3 Å². The number of unbranched alkanes of at least 4 members (excludes halogenated alkanes) is 1. The molecule has 0 radical (unpaired) electrons. The normalized spacial score (nSPS) is 14.4. The molecule has 1 N–H and O–H groups in total. The van der Waals surface area contributed by atoms with Crippen molar-refractivity contribution in [2.45, 2.75) is 51.6 Å². The number of aliphatic imine (C=N–C) groups is 1. The van der Waals surface area contributed by atoms with Gasteiger partial charge in [-0.1, -0.05) is 12.5 Å². The number of guanidine groups is 1. The lowest BCUT2D eigenvalue weighted by molar-refractivity contribution is 0.467. The minimum atomic E-state index is 0. The Morgan fingerprint density at radius 3 is 2.96 bits per heavy atom. The van der Waals surface area contributed by atoms with Crippen molar-refractivity contribution in [3.05, 3.63) is 24.3 Å². The molecule has 6 nitrogen and oxygen atoms in total. The number of aromatic nitrogens is 3. The maximum absolute atomic E-state index is 4.34. The molecule has 7 heteroatoms. The summed E-state index contributed by atoms with van der Waals surface area (Å²) in [5, 5.41) is 12.1. The van der Waals surface area contributed by atoms with E-state index in [1.807, 2.05) is 13.1 Å². The SMILES string of the molecule is C=CCCCN(C)C(=NC)NCc1nnc2n1CCCCC2.I. The van der Waals surface area contributed by atoms with Crippen LogP contribution in [0.1, 0.15) is 43.8 Å². The van der Waals surface area contributed by atoms with Gasteiger partial charge in [0.1, 0.15) is 5.82 Å². The average Bonchev–Trinajstić information content (AvgIpc) is 2.76. The Morgan fingerprint density at radius 2 is 2.22 bits per heavy atom. The molecule has 0 saturated carbocycles. The molecule has 1 aromatic heterocycles. The van der Waals surface area contributed by atoms with Crippen LogP contribution in [0.5, 0.6) is 0 Å². The number of rotatable bonds is 6. The third-order valence-corrected chi connectivity index (χ3v) is 4.07. The number of hydrogen-bond donors (Lipinski definition) is 1. The summed E-state index contributed by atoms with van der Waals surface area (Å²) in [5.41, 5.74) is 0. The predicted molar refractivity (Wildman–Crippen MR) is 105 cm³/mol. The van der Waals surface area contributed by atoms with Crippen molar-refractivity contribution in [1.82, 2.24) is 25.0 Å². The third-order valence-electron chi connectivity index (χ3n) is 4.07. The van der Waals surface area contributed by atoms with E-state index in [0.29, 0.717) is 6.54 Å². The van der Waals surface area contributed by atoms with Crippen LogP contribution < -0.4 is 5.32 Å². The van der Waals surface area contributed by atoms with Gasteiger partial charge in [-0.05, 0) is 25.7 Å². The maximum atomic E-state index is 4.34. The van der Waals surface area contributed by atoms with Gasteiger partial charge in [-0.3, -0.25) is 4.99 Å². The van der Waals surface area contributed by atoms with Crippen LogP contribution in [-0.2, 0) is 19.5 Å². The first kappa shape index (κ1) is 19.9. The van der Waals surface area contributed by atoms with E-state index in [0.717, 1.165) is 50.0 Å². The summed E-state index contributed by atoms with van der Waals surface area (Å²) >= 11 is 0. The number of nitrogens with zero attached hydrogens (tertiary/aromatic N) is 5. The van der Waals surface area contributed by atoms with E-state index in [-0.39, 0.29) is 24.0 Å². The number of aryl methyl sites for hydroxylation is 1. The van der Waals surface area contributed by atoms with Gasteiger partial charge in [0.2, 0.25) is 0 Å².